The molecular weight excluding hydrogens is 288 g/mol. The van der Waals surface area contributed by atoms with E-state index in [9.17, 15) is 10.1 Å². The topological polar surface area (TPSA) is 55.6 Å². The molecule has 0 saturated carbocycles. The van der Waals surface area contributed by atoms with Crippen LogP contribution < -0.4 is 9.64 Å². The van der Waals surface area contributed by atoms with E-state index in [2.05, 4.69) is 34.7 Å². The summed E-state index contributed by atoms with van der Waals surface area (Å²) in [5.74, 6) is 0.569. The Kier molecular flexibility index (Phi) is 3.24. The Morgan fingerprint density at radius 2 is 2.24 bits per heavy atom. The van der Waals surface area contributed by atoms with Crippen molar-refractivity contribution < 1.29 is 9.66 Å². The molecule has 0 amide bonds. The van der Waals surface area contributed by atoms with E-state index < -0.39 is 4.92 Å². The lowest BCUT2D eigenvalue weighted by Crippen LogP contribution is -2.38. The molecule has 0 N–H and O–H groups in total. The fourth-order valence-corrected chi connectivity index (χ4v) is 2.54. The molecule has 1 aliphatic heterocycles. The van der Waals surface area contributed by atoms with Crippen molar-refractivity contribution >= 4 is 27.3 Å². The number of hydrogen-bond donors (Lipinski definition) is 0. The lowest BCUT2D eigenvalue weighted by molar-refractivity contribution is -0.385. The lowest BCUT2D eigenvalue weighted by Gasteiger charge is -2.34. The second-order valence-corrected chi connectivity index (χ2v) is 4.93. The van der Waals surface area contributed by atoms with E-state index >= 15 is 0 Å². The Labute approximate surface area is 108 Å². The van der Waals surface area contributed by atoms with Crippen LogP contribution in [0.15, 0.2) is 16.6 Å². The highest BCUT2D eigenvalue weighted by Crippen LogP contribution is 2.43. The summed E-state index contributed by atoms with van der Waals surface area (Å²) in [6, 6.07) is 3.59. The lowest BCUT2D eigenvalue weighted by atomic mass is 10.2. The zero-order chi connectivity index (χ0) is 12.6. The first-order valence-electron chi connectivity index (χ1n) is 5.38. The van der Waals surface area contributed by atoms with Gasteiger partial charge in [0.15, 0.2) is 5.75 Å². The van der Waals surface area contributed by atoms with Crippen molar-refractivity contribution in [1.82, 2.24) is 0 Å². The number of fused-ring (bicyclic) bond motifs is 1. The Morgan fingerprint density at radius 3 is 2.82 bits per heavy atom. The van der Waals surface area contributed by atoms with Crippen LogP contribution in [0, 0.1) is 10.1 Å². The molecule has 0 spiro atoms. The van der Waals surface area contributed by atoms with E-state index in [0.29, 0.717) is 22.9 Å². The van der Waals surface area contributed by atoms with Gasteiger partial charge in [-0.05, 0) is 35.8 Å². The molecule has 0 unspecified atom stereocenters. The highest BCUT2D eigenvalue weighted by Gasteiger charge is 2.27. The molecule has 0 bridgehead atoms. The number of nitro benzene ring substituents is 1. The van der Waals surface area contributed by atoms with Gasteiger partial charge in [-0.15, -0.1) is 0 Å². The molecule has 1 aromatic rings. The predicted molar refractivity (Wildman–Crippen MR) is 68.8 cm³/mol. The zero-order valence-electron chi connectivity index (χ0n) is 9.64. The van der Waals surface area contributed by atoms with Crippen LogP contribution in [0.1, 0.15) is 13.8 Å². The standard InChI is InChI=1S/C11H13BrN2O3/c1-7(2)13-5-6-17-11-9(13)4-3-8(10(11)12)14(15)16/h3-4,7H,5-6H2,1-2H3. The minimum atomic E-state index is -0.415. The van der Waals surface area contributed by atoms with Gasteiger partial charge in [0.1, 0.15) is 11.1 Å². The van der Waals surface area contributed by atoms with Crippen molar-refractivity contribution in [2.24, 2.45) is 0 Å². The smallest absolute Gasteiger partial charge is 0.287 e. The maximum absolute atomic E-state index is 10.8. The minimum absolute atomic E-state index is 0.0364. The molecule has 1 heterocycles. The first-order valence-corrected chi connectivity index (χ1v) is 6.18. The number of ether oxygens (including phenoxy) is 1. The van der Waals surface area contributed by atoms with Crippen LogP contribution in [0.2, 0.25) is 0 Å². The number of anilines is 1. The van der Waals surface area contributed by atoms with Gasteiger partial charge < -0.3 is 9.64 Å². The van der Waals surface area contributed by atoms with E-state index in [1.54, 1.807) is 6.07 Å². The van der Waals surface area contributed by atoms with Crippen molar-refractivity contribution in [3.63, 3.8) is 0 Å². The first-order chi connectivity index (χ1) is 8.02. The van der Waals surface area contributed by atoms with E-state index in [4.69, 9.17) is 4.74 Å². The number of benzene rings is 1. The van der Waals surface area contributed by atoms with E-state index in [-0.39, 0.29) is 5.69 Å². The number of nitro groups is 1. The van der Waals surface area contributed by atoms with Crippen LogP contribution in [-0.4, -0.2) is 24.1 Å². The monoisotopic (exact) mass is 300 g/mol. The molecule has 0 atom stereocenters. The highest BCUT2D eigenvalue weighted by atomic mass is 79.9. The SMILES string of the molecule is CC(C)N1CCOc2c1ccc([N+](=O)[O-])c2Br. The second kappa shape index (κ2) is 4.52. The molecule has 0 radical (unpaired) electrons. The normalized spacial score (nSPS) is 14.5. The number of nitrogens with zero attached hydrogens (tertiary/aromatic N) is 2. The average Bonchev–Trinajstić information content (AvgIpc) is 2.28. The molecule has 92 valence electrons. The Morgan fingerprint density at radius 1 is 1.53 bits per heavy atom. The van der Waals surface area contributed by atoms with Crippen molar-refractivity contribution in [3.8, 4) is 5.75 Å². The van der Waals surface area contributed by atoms with Gasteiger partial charge in [-0.1, -0.05) is 0 Å². The van der Waals surface area contributed by atoms with Crippen LogP contribution in [0.25, 0.3) is 0 Å². The molecule has 0 saturated heterocycles. The fraction of sp³-hybridized carbons (Fsp3) is 0.455. The summed E-state index contributed by atoms with van der Waals surface area (Å²) in [6.07, 6.45) is 0. The molecule has 0 aromatic heterocycles. The maximum atomic E-state index is 10.8. The molecule has 17 heavy (non-hydrogen) atoms. The molecule has 0 aliphatic carbocycles. The summed E-state index contributed by atoms with van der Waals surface area (Å²) in [5.41, 5.74) is 0.943. The summed E-state index contributed by atoms with van der Waals surface area (Å²) >= 11 is 3.25. The van der Waals surface area contributed by atoms with E-state index in [1.807, 2.05) is 0 Å². The third-order valence-electron chi connectivity index (χ3n) is 2.76. The van der Waals surface area contributed by atoms with Gasteiger partial charge in [-0.25, -0.2) is 0 Å². The Bertz CT molecular complexity index is 462. The third kappa shape index (κ3) is 2.09. The second-order valence-electron chi connectivity index (χ2n) is 4.14. The summed E-state index contributed by atoms with van der Waals surface area (Å²) in [4.78, 5) is 12.6. The van der Waals surface area contributed by atoms with Crippen molar-refractivity contribution in [2.75, 3.05) is 18.1 Å². The van der Waals surface area contributed by atoms with Crippen LogP contribution in [0.3, 0.4) is 0 Å². The van der Waals surface area contributed by atoms with Crippen LogP contribution in [-0.2, 0) is 0 Å². The summed E-state index contributed by atoms with van der Waals surface area (Å²) < 4.78 is 5.95. The summed E-state index contributed by atoms with van der Waals surface area (Å²) in [5, 5.41) is 10.8. The maximum Gasteiger partial charge on any atom is 0.287 e. The fourth-order valence-electron chi connectivity index (χ4n) is 1.94. The van der Waals surface area contributed by atoms with Gasteiger partial charge in [-0.2, -0.15) is 0 Å². The Hall–Kier alpha value is -1.30. The molecule has 5 nitrogen and oxygen atoms in total. The molecular formula is C11H13BrN2O3. The van der Waals surface area contributed by atoms with Crippen molar-refractivity contribution in [1.29, 1.82) is 0 Å². The summed E-state index contributed by atoms with van der Waals surface area (Å²) in [7, 11) is 0. The highest BCUT2D eigenvalue weighted by molar-refractivity contribution is 9.10. The number of halogens is 1. The van der Waals surface area contributed by atoms with Crippen LogP contribution in [0.4, 0.5) is 11.4 Å². The van der Waals surface area contributed by atoms with Gasteiger partial charge in [-0.3, -0.25) is 10.1 Å². The summed E-state index contributed by atoms with van der Waals surface area (Å²) in [6.45, 7) is 5.52. The van der Waals surface area contributed by atoms with Crippen molar-refractivity contribution in [2.45, 2.75) is 19.9 Å². The van der Waals surface area contributed by atoms with E-state index in [0.717, 1.165) is 12.2 Å². The van der Waals surface area contributed by atoms with Gasteiger partial charge in [0.05, 0.1) is 17.2 Å². The Balaban J connectivity index is 2.52. The third-order valence-corrected chi connectivity index (χ3v) is 3.53. The van der Waals surface area contributed by atoms with E-state index in [1.165, 1.54) is 6.07 Å². The van der Waals surface area contributed by atoms with Crippen LogP contribution in [0.5, 0.6) is 5.75 Å². The van der Waals surface area contributed by atoms with Gasteiger partial charge in [0.25, 0.3) is 5.69 Å². The zero-order valence-corrected chi connectivity index (χ0v) is 11.2. The molecule has 1 aromatic carbocycles. The largest absolute Gasteiger partial charge is 0.488 e. The molecule has 6 heteroatoms. The molecule has 0 fully saturated rings. The number of rotatable bonds is 2. The minimum Gasteiger partial charge on any atom is -0.488 e. The predicted octanol–water partition coefficient (Wildman–Crippen LogP) is 2.96. The van der Waals surface area contributed by atoms with Gasteiger partial charge in [0, 0.05) is 12.1 Å². The quantitative estimate of drug-likeness (QED) is 0.622. The molecule has 2 rings (SSSR count). The van der Waals surface area contributed by atoms with Gasteiger partial charge in [0.2, 0.25) is 0 Å². The van der Waals surface area contributed by atoms with Crippen LogP contribution >= 0.6 is 15.9 Å². The van der Waals surface area contributed by atoms with Crippen molar-refractivity contribution in [3.05, 3.63) is 26.7 Å². The first kappa shape index (κ1) is 12.2. The van der Waals surface area contributed by atoms with Gasteiger partial charge >= 0.3 is 0 Å². The number of hydrogen-bond acceptors (Lipinski definition) is 4. The average molecular weight is 301 g/mol. The molecule has 1 aliphatic rings.